The highest BCUT2D eigenvalue weighted by molar-refractivity contribution is 5.80. The van der Waals surface area contributed by atoms with E-state index in [1.54, 1.807) is 7.05 Å². The molecule has 1 aliphatic rings. The average molecular weight is 371 g/mol. The average Bonchev–Trinajstić information content (AvgIpc) is 3.05. The van der Waals surface area contributed by atoms with Gasteiger partial charge in [0.15, 0.2) is 5.96 Å². The zero-order valence-electron chi connectivity index (χ0n) is 16.7. The number of nitrogens with one attached hydrogen (secondary N) is 2. The molecule has 1 aliphatic heterocycles. The van der Waals surface area contributed by atoms with Crippen LogP contribution in [0.1, 0.15) is 55.9 Å². The Kier molecular flexibility index (Phi) is 6.32. The van der Waals surface area contributed by atoms with E-state index in [-0.39, 0.29) is 6.04 Å². The SMILES string of the molecule is CN=C(NCCOc1ccccc1C(C)C)NC1CCCn2nc(C)nc21. The molecule has 2 N–H and O–H groups in total. The van der Waals surface area contributed by atoms with Crippen LogP contribution in [-0.4, -0.2) is 40.9 Å². The molecule has 0 radical (unpaired) electrons. The maximum Gasteiger partial charge on any atom is 0.191 e. The van der Waals surface area contributed by atoms with E-state index in [1.165, 1.54) is 5.56 Å². The third kappa shape index (κ3) is 4.78. The fourth-order valence-corrected chi connectivity index (χ4v) is 3.38. The van der Waals surface area contributed by atoms with Gasteiger partial charge in [0.05, 0.1) is 12.6 Å². The van der Waals surface area contributed by atoms with Gasteiger partial charge in [-0.2, -0.15) is 5.10 Å². The van der Waals surface area contributed by atoms with E-state index in [1.807, 2.05) is 23.7 Å². The van der Waals surface area contributed by atoms with Gasteiger partial charge in [0.25, 0.3) is 0 Å². The van der Waals surface area contributed by atoms with Crippen molar-refractivity contribution in [1.82, 2.24) is 25.4 Å². The van der Waals surface area contributed by atoms with Crippen LogP contribution in [0, 0.1) is 6.92 Å². The second kappa shape index (κ2) is 8.88. The van der Waals surface area contributed by atoms with Gasteiger partial charge < -0.3 is 15.4 Å². The number of aryl methyl sites for hydroxylation is 2. The minimum absolute atomic E-state index is 0.133. The van der Waals surface area contributed by atoms with Gasteiger partial charge in [-0.3, -0.25) is 4.99 Å². The maximum atomic E-state index is 5.97. The summed E-state index contributed by atoms with van der Waals surface area (Å²) in [4.78, 5) is 8.90. The third-order valence-electron chi connectivity index (χ3n) is 4.71. The summed E-state index contributed by atoms with van der Waals surface area (Å²) in [6.07, 6.45) is 2.11. The fraction of sp³-hybridized carbons (Fsp3) is 0.550. The molecule has 2 heterocycles. The number of para-hydroxylation sites is 1. The van der Waals surface area contributed by atoms with Crippen LogP contribution in [0.4, 0.5) is 0 Å². The van der Waals surface area contributed by atoms with E-state index in [9.17, 15) is 0 Å². The van der Waals surface area contributed by atoms with Gasteiger partial charge >= 0.3 is 0 Å². The van der Waals surface area contributed by atoms with Crippen LogP contribution >= 0.6 is 0 Å². The number of ether oxygens (including phenoxy) is 1. The van der Waals surface area contributed by atoms with Gasteiger partial charge in [-0.25, -0.2) is 9.67 Å². The van der Waals surface area contributed by atoms with Gasteiger partial charge in [-0.05, 0) is 37.3 Å². The molecule has 0 aliphatic carbocycles. The van der Waals surface area contributed by atoms with Crippen LogP contribution < -0.4 is 15.4 Å². The highest BCUT2D eigenvalue weighted by Crippen LogP contribution is 2.25. The zero-order valence-corrected chi connectivity index (χ0v) is 16.7. The Balaban J connectivity index is 1.51. The molecule has 7 heteroatoms. The first-order valence-electron chi connectivity index (χ1n) is 9.68. The van der Waals surface area contributed by atoms with Gasteiger partial charge in [0.1, 0.15) is 24.0 Å². The van der Waals surface area contributed by atoms with Crippen molar-refractivity contribution in [3.63, 3.8) is 0 Å². The topological polar surface area (TPSA) is 76.4 Å². The summed E-state index contributed by atoms with van der Waals surface area (Å²) < 4.78 is 7.97. The van der Waals surface area contributed by atoms with E-state index in [4.69, 9.17) is 4.74 Å². The first kappa shape index (κ1) is 19.2. The maximum absolute atomic E-state index is 5.97. The van der Waals surface area contributed by atoms with Gasteiger partial charge in [-0.15, -0.1) is 0 Å². The van der Waals surface area contributed by atoms with E-state index < -0.39 is 0 Å². The quantitative estimate of drug-likeness (QED) is 0.465. The van der Waals surface area contributed by atoms with Crippen molar-refractivity contribution in [3.05, 3.63) is 41.5 Å². The monoisotopic (exact) mass is 370 g/mol. The summed E-state index contributed by atoms with van der Waals surface area (Å²) in [6.45, 7) is 8.47. The number of fused-ring (bicyclic) bond motifs is 1. The third-order valence-corrected chi connectivity index (χ3v) is 4.71. The van der Waals surface area contributed by atoms with Gasteiger partial charge in [0.2, 0.25) is 0 Å². The van der Waals surface area contributed by atoms with Crippen LogP contribution in [0.5, 0.6) is 5.75 Å². The fourth-order valence-electron chi connectivity index (χ4n) is 3.38. The Labute approximate surface area is 161 Å². The molecule has 0 spiro atoms. The smallest absolute Gasteiger partial charge is 0.191 e. The molecule has 0 saturated heterocycles. The van der Waals surface area contributed by atoms with Crippen molar-refractivity contribution in [3.8, 4) is 5.75 Å². The van der Waals surface area contributed by atoms with Gasteiger partial charge in [0, 0.05) is 13.6 Å². The Morgan fingerprint density at radius 2 is 2.19 bits per heavy atom. The molecular weight excluding hydrogens is 340 g/mol. The minimum Gasteiger partial charge on any atom is -0.491 e. The minimum atomic E-state index is 0.133. The molecule has 0 fully saturated rings. The number of guanidine groups is 1. The molecular formula is C20H30N6O. The van der Waals surface area contributed by atoms with Crippen LogP contribution in [0.15, 0.2) is 29.3 Å². The standard InChI is InChI=1S/C20H30N6O/c1-14(2)16-8-5-6-10-18(16)27-13-11-22-20(21-4)24-17-9-7-12-26-19(17)23-15(3)25-26/h5-6,8,10,14,17H,7,9,11-13H2,1-4H3,(H2,21,22,24). The molecule has 7 nitrogen and oxygen atoms in total. The van der Waals surface area contributed by atoms with Crippen molar-refractivity contribution in [2.75, 3.05) is 20.2 Å². The second-order valence-electron chi connectivity index (χ2n) is 7.12. The molecule has 2 aromatic rings. The summed E-state index contributed by atoms with van der Waals surface area (Å²) in [7, 11) is 1.78. The van der Waals surface area contributed by atoms with Crippen molar-refractivity contribution >= 4 is 5.96 Å². The first-order chi connectivity index (χ1) is 13.1. The number of hydrogen-bond donors (Lipinski definition) is 2. The summed E-state index contributed by atoms with van der Waals surface area (Å²) in [5.74, 6) is 3.96. The van der Waals surface area contributed by atoms with Crippen molar-refractivity contribution in [2.45, 2.75) is 52.1 Å². The molecule has 0 saturated carbocycles. The number of nitrogens with zero attached hydrogens (tertiary/aromatic N) is 4. The number of rotatable bonds is 6. The Morgan fingerprint density at radius 3 is 2.96 bits per heavy atom. The summed E-state index contributed by atoms with van der Waals surface area (Å²) >= 11 is 0. The Morgan fingerprint density at radius 1 is 1.37 bits per heavy atom. The van der Waals surface area contributed by atoms with Crippen LogP contribution in [0.25, 0.3) is 0 Å². The molecule has 0 bridgehead atoms. The van der Waals surface area contributed by atoms with Crippen molar-refractivity contribution in [2.24, 2.45) is 4.99 Å². The molecule has 1 aromatic heterocycles. The molecule has 146 valence electrons. The van der Waals surface area contributed by atoms with Crippen LogP contribution in [0.2, 0.25) is 0 Å². The Bertz CT molecular complexity index is 783. The van der Waals surface area contributed by atoms with E-state index in [2.05, 4.69) is 51.7 Å². The lowest BCUT2D eigenvalue weighted by atomic mass is 10.0. The number of benzene rings is 1. The number of aliphatic imine (C=N–C) groups is 1. The van der Waals surface area contributed by atoms with Crippen molar-refractivity contribution in [1.29, 1.82) is 0 Å². The lowest BCUT2D eigenvalue weighted by Gasteiger charge is -2.25. The van der Waals surface area contributed by atoms with Crippen LogP contribution in [-0.2, 0) is 6.54 Å². The molecule has 1 aromatic carbocycles. The predicted molar refractivity (Wildman–Crippen MR) is 107 cm³/mol. The van der Waals surface area contributed by atoms with E-state index >= 15 is 0 Å². The highest BCUT2D eigenvalue weighted by Gasteiger charge is 2.24. The summed E-state index contributed by atoms with van der Waals surface area (Å²) in [5.41, 5.74) is 1.23. The molecule has 0 amide bonds. The normalized spacial score (nSPS) is 16.9. The molecule has 27 heavy (non-hydrogen) atoms. The lowest BCUT2D eigenvalue weighted by molar-refractivity contribution is 0.316. The van der Waals surface area contributed by atoms with Crippen LogP contribution in [0.3, 0.4) is 0 Å². The molecule has 1 unspecified atom stereocenters. The summed E-state index contributed by atoms with van der Waals surface area (Å²) in [6, 6.07) is 8.34. The largest absolute Gasteiger partial charge is 0.491 e. The van der Waals surface area contributed by atoms with E-state index in [0.717, 1.165) is 42.7 Å². The van der Waals surface area contributed by atoms with Gasteiger partial charge in [-0.1, -0.05) is 32.0 Å². The Hall–Kier alpha value is -2.57. The van der Waals surface area contributed by atoms with Crippen molar-refractivity contribution < 1.29 is 4.74 Å². The van der Waals surface area contributed by atoms with E-state index in [0.29, 0.717) is 19.1 Å². The first-order valence-corrected chi connectivity index (χ1v) is 9.68. The summed E-state index contributed by atoms with van der Waals surface area (Å²) in [5, 5.41) is 11.2. The highest BCUT2D eigenvalue weighted by atomic mass is 16.5. The number of hydrogen-bond acceptors (Lipinski definition) is 4. The molecule has 1 atom stereocenters. The predicted octanol–water partition coefficient (Wildman–Crippen LogP) is 2.79. The lowest BCUT2D eigenvalue weighted by Crippen LogP contribution is -2.42. The zero-order chi connectivity index (χ0) is 19.2. The number of aromatic nitrogens is 3. The second-order valence-corrected chi connectivity index (χ2v) is 7.12. The molecule has 3 rings (SSSR count).